The fraction of sp³-hybridized carbons (Fsp3) is 0.382. The summed E-state index contributed by atoms with van der Waals surface area (Å²) in [5, 5.41) is 0. The second-order valence-electron chi connectivity index (χ2n) is 10.1. The van der Waals surface area contributed by atoms with E-state index in [0.717, 1.165) is 68.3 Å². The van der Waals surface area contributed by atoms with Crippen molar-refractivity contribution in [2.45, 2.75) is 72.5 Å². The molecule has 0 aliphatic carbocycles. The largest absolute Gasteiger partial charge is 0.497 e. The van der Waals surface area contributed by atoms with Crippen LogP contribution in [-0.2, 0) is 26.1 Å². The van der Waals surface area contributed by atoms with Crippen LogP contribution in [-0.4, -0.2) is 28.1 Å². The van der Waals surface area contributed by atoms with Crippen molar-refractivity contribution in [1.29, 1.82) is 0 Å². The molecule has 1 heterocycles. The molecule has 0 aliphatic rings. The third kappa shape index (κ3) is 6.93. The predicted octanol–water partition coefficient (Wildman–Crippen LogP) is 8.39. The van der Waals surface area contributed by atoms with Gasteiger partial charge >= 0.3 is 0 Å². The third-order valence-corrected chi connectivity index (χ3v) is 7.24. The fourth-order valence-electron chi connectivity index (χ4n) is 4.94. The first kappa shape index (κ1) is 27.7. The number of hydrogen-bond donors (Lipinski definition) is 0. The number of methoxy groups -OCH3 is 1. The first-order valence-corrected chi connectivity index (χ1v) is 14.3. The van der Waals surface area contributed by atoms with Gasteiger partial charge in [0.2, 0.25) is 0 Å². The third-order valence-electron chi connectivity index (χ3n) is 7.24. The van der Waals surface area contributed by atoms with E-state index in [2.05, 4.69) is 97.0 Å². The van der Waals surface area contributed by atoms with Gasteiger partial charge < -0.3 is 9.30 Å². The lowest BCUT2D eigenvalue weighted by Gasteiger charge is -2.24. The minimum atomic E-state index is 0.862. The standard InChI is InChI=1S/C34H43N3O/c1-5-8-23-36(25-28-17-15-27(7-3)16-18-28)26-32-33(29-19-21-31(38-4)22-20-29)35-34(37(32)24-9-6-2)30-13-11-10-12-14-30/h10-22H,5-9,23-26H2,1-4H3. The summed E-state index contributed by atoms with van der Waals surface area (Å²) >= 11 is 0. The summed E-state index contributed by atoms with van der Waals surface area (Å²) in [5.41, 5.74) is 7.43. The molecule has 4 heteroatoms. The minimum absolute atomic E-state index is 0.862. The molecular formula is C34H43N3O. The van der Waals surface area contributed by atoms with Crippen LogP contribution in [0.25, 0.3) is 22.6 Å². The molecule has 0 saturated heterocycles. The Morgan fingerprint density at radius 3 is 2.05 bits per heavy atom. The lowest BCUT2D eigenvalue weighted by molar-refractivity contribution is 0.246. The average molecular weight is 510 g/mol. The Balaban J connectivity index is 1.78. The van der Waals surface area contributed by atoms with Crippen LogP contribution in [0.3, 0.4) is 0 Å². The molecule has 4 nitrogen and oxygen atoms in total. The highest BCUT2D eigenvalue weighted by Crippen LogP contribution is 2.32. The molecule has 1 aromatic heterocycles. The zero-order valence-corrected chi connectivity index (χ0v) is 23.6. The molecule has 0 amide bonds. The second kappa shape index (κ2) is 14.0. The zero-order chi connectivity index (χ0) is 26.7. The maximum atomic E-state index is 5.44. The van der Waals surface area contributed by atoms with Crippen molar-refractivity contribution >= 4 is 0 Å². The lowest BCUT2D eigenvalue weighted by Crippen LogP contribution is -2.26. The Kier molecular flexibility index (Phi) is 10.2. The number of hydrogen-bond acceptors (Lipinski definition) is 3. The highest BCUT2D eigenvalue weighted by Gasteiger charge is 2.22. The Bertz CT molecular complexity index is 1240. The van der Waals surface area contributed by atoms with Gasteiger partial charge in [-0.1, -0.05) is 88.2 Å². The van der Waals surface area contributed by atoms with Gasteiger partial charge in [-0.3, -0.25) is 4.90 Å². The quantitative estimate of drug-likeness (QED) is 0.171. The van der Waals surface area contributed by atoms with Gasteiger partial charge in [-0.15, -0.1) is 0 Å². The predicted molar refractivity (Wildman–Crippen MR) is 159 cm³/mol. The van der Waals surface area contributed by atoms with Crippen LogP contribution >= 0.6 is 0 Å². The molecular weight excluding hydrogens is 466 g/mol. The molecule has 4 rings (SSSR count). The summed E-state index contributed by atoms with van der Waals surface area (Å²) < 4.78 is 7.93. The molecule has 0 bridgehead atoms. The fourth-order valence-corrected chi connectivity index (χ4v) is 4.94. The molecule has 0 unspecified atom stereocenters. The van der Waals surface area contributed by atoms with Gasteiger partial charge in [0, 0.05) is 30.8 Å². The molecule has 0 spiro atoms. The zero-order valence-electron chi connectivity index (χ0n) is 23.6. The monoisotopic (exact) mass is 509 g/mol. The minimum Gasteiger partial charge on any atom is -0.497 e. The molecule has 0 atom stereocenters. The van der Waals surface area contributed by atoms with Crippen LogP contribution < -0.4 is 4.74 Å². The van der Waals surface area contributed by atoms with Crippen LogP contribution in [0.4, 0.5) is 0 Å². The van der Waals surface area contributed by atoms with E-state index >= 15 is 0 Å². The number of nitrogens with zero attached hydrogens (tertiary/aromatic N) is 3. The van der Waals surface area contributed by atoms with Crippen molar-refractivity contribution in [3.8, 4) is 28.4 Å². The maximum absolute atomic E-state index is 5.44. The summed E-state index contributed by atoms with van der Waals surface area (Å²) in [4.78, 5) is 7.92. The first-order valence-electron chi connectivity index (χ1n) is 14.3. The average Bonchev–Trinajstić information content (AvgIpc) is 3.33. The van der Waals surface area contributed by atoms with Crippen LogP contribution in [0, 0.1) is 0 Å². The van der Waals surface area contributed by atoms with Crippen molar-refractivity contribution < 1.29 is 4.74 Å². The molecule has 0 aliphatic heterocycles. The van der Waals surface area contributed by atoms with Gasteiger partial charge in [-0.05, 0) is 61.2 Å². The molecule has 3 aromatic carbocycles. The van der Waals surface area contributed by atoms with Crippen LogP contribution in [0.5, 0.6) is 5.75 Å². The van der Waals surface area contributed by atoms with E-state index in [-0.39, 0.29) is 0 Å². The molecule has 0 radical (unpaired) electrons. The smallest absolute Gasteiger partial charge is 0.140 e. The van der Waals surface area contributed by atoms with Gasteiger partial charge in [0.1, 0.15) is 11.6 Å². The summed E-state index contributed by atoms with van der Waals surface area (Å²) in [5.74, 6) is 1.92. The van der Waals surface area contributed by atoms with Crippen LogP contribution in [0.1, 0.15) is 63.3 Å². The summed E-state index contributed by atoms with van der Waals surface area (Å²) in [6.07, 6.45) is 5.70. The van der Waals surface area contributed by atoms with E-state index < -0.39 is 0 Å². The normalized spacial score (nSPS) is 11.3. The molecule has 0 saturated carbocycles. The lowest BCUT2D eigenvalue weighted by atomic mass is 10.1. The second-order valence-corrected chi connectivity index (χ2v) is 10.1. The molecule has 0 N–H and O–H groups in total. The molecule has 4 aromatic rings. The Morgan fingerprint density at radius 2 is 1.42 bits per heavy atom. The highest BCUT2D eigenvalue weighted by atomic mass is 16.5. The van der Waals surface area contributed by atoms with E-state index in [0.29, 0.717) is 0 Å². The molecule has 200 valence electrons. The maximum Gasteiger partial charge on any atom is 0.140 e. The number of aryl methyl sites for hydroxylation is 1. The SMILES string of the molecule is CCCCN(Cc1ccc(CC)cc1)Cc1c(-c2ccc(OC)cc2)nc(-c2ccccc2)n1CCCC. The number of unbranched alkanes of at least 4 members (excludes halogenated alkanes) is 2. The van der Waals surface area contributed by atoms with Gasteiger partial charge in [0.15, 0.2) is 0 Å². The summed E-state index contributed by atoms with van der Waals surface area (Å²) in [6, 6.07) is 28.1. The Labute approximate surface area is 229 Å². The number of rotatable bonds is 14. The van der Waals surface area contributed by atoms with Gasteiger partial charge in [0.25, 0.3) is 0 Å². The number of aromatic nitrogens is 2. The van der Waals surface area contributed by atoms with E-state index in [4.69, 9.17) is 9.72 Å². The van der Waals surface area contributed by atoms with Crippen molar-refractivity contribution in [3.05, 3.63) is 95.7 Å². The van der Waals surface area contributed by atoms with E-state index in [9.17, 15) is 0 Å². The summed E-state index contributed by atoms with van der Waals surface area (Å²) in [7, 11) is 1.71. The van der Waals surface area contributed by atoms with Crippen molar-refractivity contribution in [1.82, 2.24) is 14.5 Å². The Morgan fingerprint density at radius 1 is 0.737 bits per heavy atom. The van der Waals surface area contributed by atoms with Gasteiger partial charge in [-0.2, -0.15) is 0 Å². The van der Waals surface area contributed by atoms with E-state index in [1.165, 1.54) is 35.2 Å². The number of benzene rings is 3. The van der Waals surface area contributed by atoms with Crippen LogP contribution in [0.15, 0.2) is 78.9 Å². The highest BCUT2D eigenvalue weighted by molar-refractivity contribution is 5.69. The topological polar surface area (TPSA) is 30.3 Å². The summed E-state index contributed by atoms with van der Waals surface area (Å²) in [6.45, 7) is 10.6. The van der Waals surface area contributed by atoms with Gasteiger partial charge in [0.05, 0.1) is 18.5 Å². The number of ether oxygens (including phenoxy) is 1. The van der Waals surface area contributed by atoms with E-state index in [1.807, 2.05) is 12.1 Å². The van der Waals surface area contributed by atoms with Crippen molar-refractivity contribution in [2.75, 3.05) is 13.7 Å². The van der Waals surface area contributed by atoms with E-state index in [1.54, 1.807) is 7.11 Å². The van der Waals surface area contributed by atoms with Gasteiger partial charge in [-0.25, -0.2) is 4.98 Å². The Hall–Kier alpha value is -3.37. The number of imidazole rings is 1. The van der Waals surface area contributed by atoms with Crippen molar-refractivity contribution in [2.24, 2.45) is 0 Å². The first-order chi connectivity index (χ1) is 18.7. The molecule has 0 fully saturated rings. The van der Waals surface area contributed by atoms with Crippen LogP contribution in [0.2, 0.25) is 0 Å². The molecule has 38 heavy (non-hydrogen) atoms. The van der Waals surface area contributed by atoms with Crippen molar-refractivity contribution in [3.63, 3.8) is 0 Å².